The number of hydrogen-bond acceptors (Lipinski definition) is 11. The molecule has 2 aliphatic rings. The minimum atomic E-state index is -0.887. The van der Waals surface area contributed by atoms with Gasteiger partial charge in [-0.3, -0.25) is 15.5 Å². The van der Waals surface area contributed by atoms with Gasteiger partial charge in [0.15, 0.2) is 11.9 Å². The third-order valence-electron chi connectivity index (χ3n) is 7.36. The molecule has 2 N–H and O–H groups in total. The molecular weight excluding hydrogens is 629 g/mol. The van der Waals surface area contributed by atoms with Crippen LogP contribution in [-0.4, -0.2) is 85.1 Å². The lowest BCUT2D eigenvalue weighted by Crippen LogP contribution is -2.42. The molecule has 15 heteroatoms. The fourth-order valence-electron chi connectivity index (χ4n) is 5.29. The number of carbonyl (C=O) groups excluding carboxylic acids is 3. The molecule has 0 radical (unpaired) electrons. The predicted molar refractivity (Wildman–Crippen MR) is 174 cm³/mol. The number of ether oxygens (including phenoxy) is 6. The summed E-state index contributed by atoms with van der Waals surface area (Å²) in [6.45, 7) is 12.9. The smallest absolute Gasteiger partial charge is 0.415 e. The molecule has 258 valence electrons. The minimum absolute atomic E-state index is 0.0434. The van der Waals surface area contributed by atoms with Gasteiger partial charge >= 0.3 is 18.3 Å². The van der Waals surface area contributed by atoms with Crippen LogP contribution in [0.25, 0.3) is 21.9 Å². The molecule has 0 saturated carbocycles. The van der Waals surface area contributed by atoms with Crippen molar-refractivity contribution >= 4 is 46.2 Å². The Morgan fingerprint density at radius 1 is 0.938 bits per heavy atom. The molecular formula is C33H40FN5O9. The standard InChI is InChI=1S/C33H40FN5O9/c1-17-20(13-36-28-27(17)39(9-10-45-28)31(42)48-33(5,6)7)19-11-18-12-24(37-29(40)46-23-16-44-15-22(23)43-8)35-14-21(18)26(25(19)34)38-30(41)47-32(2,3)4/h11-14,22-23H,9-10,15-16H2,1-8H3,(H,38,41)(H,35,37,40)/t22-,23-/m0/s1. The Morgan fingerprint density at radius 3 is 2.33 bits per heavy atom. The number of aromatic nitrogens is 2. The summed E-state index contributed by atoms with van der Waals surface area (Å²) in [5.74, 6) is -0.502. The molecule has 0 bridgehead atoms. The van der Waals surface area contributed by atoms with Crippen LogP contribution >= 0.6 is 0 Å². The number of benzene rings is 1. The SMILES string of the molecule is CO[C@H]1COC[C@@H]1OC(=O)Nc1cc2cc(-c3cnc4c(c3C)N(C(=O)OC(C)(C)C)CCO4)c(F)c(NC(=O)OC(C)(C)C)c2cn1. The van der Waals surface area contributed by atoms with Gasteiger partial charge in [-0.1, -0.05) is 0 Å². The van der Waals surface area contributed by atoms with Crippen molar-refractivity contribution in [3.05, 3.63) is 35.9 Å². The van der Waals surface area contributed by atoms with Gasteiger partial charge in [0.05, 0.1) is 25.4 Å². The number of rotatable bonds is 5. The van der Waals surface area contributed by atoms with Crippen LogP contribution < -0.4 is 20.3 Å². The van der Waals surface area contributed by atoms with E-state index in [-0.39, 0.29) is 48.1 Å². The molecule has 3 amide bonds. The number of carbonyl (C=O) groups is 3. The molecule has 0 spiro atoms. The summed E-state index contributed by atoms with van der Waals surface area (Å²) in [4.78, 5) is 48.9. The van der Waals surface area contributed by atoms with Crippen molar-refractivity contribution in [2.45, 2.75) is 71.9 Å². The molecule has 0 aliphatic carbocycles. The zero-order valence-electron chi connectivity index (χ0n) is 28.2. The van der Waals surface area contributed by atoms with Gasteiger partial charge in [0, 0.05) is 36.0 Å². The monoisotopic (exact) mass is 669 g/mol. The second kappa shape index (κ2) is 13.4. The van der Waals surface area contributed by atoms with Gasteiger partial charge in [-0.25, -0.2) is 28.7 Å². The average molecular weight is 670 g/mol. The van der Waals surface area contributed by atoms with Gasteiger partial charge in [-0.2, -0.15) is 0 Å². The van der Waals surface area contributed by atoms with E-state index in [1.54, 1.807) is 48.5 Å². The number of nitrogens with one attached hydrogen (secondary N) is 2. The van der Waals surface area contributed by atoms with Gasteiger partial charge in [-0.15, -0.1) is 0 Å². The second-order valence-corrected chi connectivity index (χ2v) is 13.3. The third-order valence-corrected chi connectivity index (χ3v) is 7.36. The van der Waals surface area contributed by atoms with Crippen LogP contribution in [-0.2, 0) is 23.7 Å². The second-order valence-electron chi connectivity index (χ2n) is 13.3. The van der Waals surface area contributed by atoms with Crippen LogP contribution in [0.5, 0.6) is 5.88 Å². The first kappa shape index (κ1) is 34.6. The molecule has 1 aromatic carbocycles. The van der Waals surface area contributed by atoms with Crippen molar-refractivity contribution in [2.24, 2.45) is 0 Å². The fourth-order valence-corrected chi connectivity index (χ4v) is 5.29. The largest absolute Gasteiger partial charge is 0.474 e. The Labute approximate surface area is 277 Å². The van der Waals surface area contributed by atoms with E-state index < -0.39 is 47.5 Å². The van der Waals surface area contributed by atoms with E-state index in [0.717, 1.165) is 0 Å². The minimum Gasteiger partial charge on any atom is -0.474 e. The van der Waals surface area contributed by atoms with Crippen molar-refractivity contribution in [2.75, 3.05) is 49.0 Å². The van der Waals surface area contributed by atoms with E-state index in [1.807, 2.05) is 0 Å². The first-order valence-corrected chi connectivity index (χ1v) is 15.4. The third kappa shape index (κ3) is 7.68. The maximum absolute atomic E-state index is 16.6. The van der Waals surface area contributed by atoms with Crippen LogP contribution in [0.1, 0.15) is 47.1 Å². The molecule has 2 atom stereocenters. The number of halogens is 1. The predicted octanol–water partition coefficient (Wildman–Crippen LogP) is 6.19. The zero-order chi connectivity index (χ0) is 35.0. The van der Waals surface area contributed by atoms with E-state index >= 15 is 4.39 Å². The maximum atomic E-state index is 16.6. The van der Waals surface area contributed by atoms with E-state index in [1.165, 1.54) is 36.5 Å². The summed E-state index contributed by atoms with van der Waals surface area (Å²) in [5.41, 5.74) is -0.654. The Morgan fingerprint density at radius 2 is 1.65 bits per heavy atom. The number of nitrogens with zero attached hydrogens (tertiary/aromatic N) is 3. The van der Waals surface area contributed by atoms with Gasteiger partial charge < -0.3 is 28.4 Å². The van der Waals surface area contributed by atoms with Crippen molar-refractivity contribution < 1.29 is 47.2 Å². The maximum Gasteiger partial charge on any atom is 0.415 e. The van der Waals surface area contributed by atoms with Gasteiger partial charge in [-0.05, 0) is 71.5 Å². The number of hydrogen-bond donors (Lipinski definition) is 2. The summed E-state index contributed by atoms with van der Waals surface area (Å²) in [7, 11) is 1.50. The quantitative estimate of drug-likeness (QED) is 0.298. The molecule has 14 nitrogen and oxygen atoms in total. The van der Waals surface area contributed by atoms with E-state index in [9.17, 15) is 14.4 Å². The summed E-state index contributed by atoms with van der Waals surface area (Å²) in [5, 5.41) is 5.74. The van der Waals surface area contributed by atoms with Crippen molar-refractivity contribution in [3.63, 3.8) is 0 Å². The number of methoxy groups -OCH3 is 1. The molecule has 1 saturated heterocycles. The first-order chi connectivity index (χ1) is 22.5. The first-order valence-electron chi connectivity index (χ1n) is 15.4. The molecule has 2 aromatic heterocycles. The Bertz CT molecular complexity index is 1740. The van der Waals surface area contributed by atoms with E-state index in [4.69, 9.17) is 28.4 Å². The number of anilines is 3. The Hall–Kier alpha value is -4.76. The molecule has 2 aliphatic heterocycles. The van der Waals surface area contributed by atoms with Gasteiger partial charge in [0.25, 0.3) is 0 Å². The van der Waals surface area contributed by atoms with E-state index in [2.05, 4.69) is 20.6 Å². The van der Waals surface area contributed by atoms with Gasteiger partial charge in [0.1, 0.15) is 35.4 Å². The van der Waals surface area contributed by atoms with Crippen LogP contribution in [0.3, 0.4) is 0 Å². The zero-order valence-corrected chi connectivity index (χ0v) is 28.2. The van der Waals surface area contributed by atoms with Crippen LogP contribution in [0.2, 0.25) is 0 Å². The summed E-state index contributed by atoms with van der Waals surface area (Å²) >= 11 is 0. The Balaban J connectivity index is 1.58. The van der Waals surface area contributed by atoms with Crippen LogP contribution in [0, 0.1) is 12.7 Å². The number of fused-ring (bicyclic) bond motifs is 2. The number of amides is 3. The highest BCUT2D eigenvalue weighted by Gasteiger charge is 2.34. The average Bonchev–Trinajstić information content (AvgIpc) is 3.43. The van der Waals surface area contributed by atoms with Gasteiger partial charge in [0.2, 0.25) is 5.88 Å². The molecule has 48 heavy (non-hydrogen) atoms. The molecule has 4 heterocycles. The van der Waals surface area contributed by atoms with E-state index in [0.29, 0.717) is 28.8 Å². The summed E-state index contributed by atoms with van der Waals surface area (Å²) < 4.78 is 49.4. The van der Waals surface area contributed by atoms with Crippen molar-refractivity contribution in [1.29, 1.82) is 0 Å². The lowest BCUT2D eigenvalue weighted by Gasteiger charge is -2.32. The van der Waals surface area contributed by atoms with Crippen molar-refractivity contribution in [3.8, 4) is 17.0 Å². The highest BCUT2D eigenvalue weighted by atomic mass is 19.1. The highest BCUT2D eigenvalue weighted by molar-refractivity contribution is 6.05. The normalized spacial score (nSPS) is 17.7. The highest BCUT2D eigenvalue weighted by Crippen LogP contribution is 2.42. The lowest BCUT2D eigenvalue weighted by atomic mass is 9.96. The molecule has 0 unspecified atom stereocenters. The van der Waals surface area contributed by atoms with Crippen LogP contribution in [0.15, 0.2) is 24.5 Å². The molecule has 1 fully saturated rings. The fraction of sp³-hybridized carbons (Fsp3) is 0.485. The number of pyridine rings is 2. The lowest BCUT2D eigenvalue weighted by molar-refractivity contribution is 0.0117. The van der Waals surface area contributed by atoms with Crippen LogP contribution in [0.4, 0.5) is 36.0 Å². The topological polar surface area (TPSA) is 160 Å². The summed E-state index contributed by atoms with van der Waals surface area (Å²) in [6.07, 6.45) is -0.538. The Kier molecular flexibility index (Phi) is 9.65. The molecule has 5 rings (SSSR count). The van der Waals surface area contributed by atoms with Crippen molar-refractivity contribution in [1.82, 2.24) is 9.97 Å². The summed E-state index contributed by atoms with van der Waals surface area (Å²) in [6, 6.07) is 3.04. The molecule has 3 aromatic rings.